The highest BCUT2D eigenvalue weighted by molar-refractivity contribution is 6.98. The van der Waals surface area contributed by atoms with Gasteiger partial charge in [-0.05, 0) is 64.2 Å². The molecule has 0 saturated heterocycles. The first-order valence-electron chi connectivity index (χ1n) is 16.2. The summed E-state index contributed by atoms with van der Waals surface area (Å²) in [6, 6.07) is 53.8. The molecular formula is C44H31BO2. The fourth-order valence-corrected chi connectivity index (χ4v) is 7.47. The van der Waals surface area contributed by atoms with Crippen LogP contribution in [0.1, 0.15) is 11.1 Å². The van der Waals surface area contributed by atoms with E-state index in [0.717, 1.165) is 83.9 Å². The van der Waals surface area contributed by atoms with Crippen LogP contribution in [-0.2, 0) is 0 Å². The van der Waals surface area contributed by atoms with Crippen LogP contribution in [0.5, 0.6) is 23.0 Å². The third-order valence-corrected chi connectivity index (χ3v) is 9.72. The summed E-state index contributed by atoms with van der Waals surface area (Å²) in [5.74, 6) is 3.53. The zero-order chi connectivity index (χ0) is 31.5. The first-order valence-corrected chi connectivity index (χ1v) is 16.2. The number of aryl methyl sites for hydroxylation is 2. The number of rotatable bonds is 4. The van der Waals surface area contributed by atoms with Gasteiger partial charge in [0.05, 0.1) is 0 Å². The average molecular weight is 603 g/mol. The number of ether oxygens (including phenoxy) is 2. The summed E-state index contributed by atoms with van der Waals surface area (Å²) >= 11 is 0. The largest absolute Gasteiger partial charge is 0.457 e. The van der Waals surface area contributed by atoms with Gasteiger partial charge >= 0.3 is 0 Å². The lowest BCUT2D eigenvalue weighted by molar-refractivity contribution is 0.468. The first kappa shape index (κ1) is 27.5. The molecule has 0 bridgehead atoms. The van der Waals surface area contributed by atoms with E-state index in [-0.39, 0.29) is 6.71 Å². The van der Waals surface area contributed by atoms with Crippen LogP contribution >= 0.6 is 0 Å². The van der Waals surface area contributed by atoms with Crippen LogP contribution in [0.3, 0.4) is 0 Å². The predicted molar refractivity (Wildman–Crippen MR) is 195 cm³/mol. The van der Waals surface area contributed by atoms with Crippen molar-refractivity contribution in [1.29, 1.82) is 0 Å². The lowest BCUT2D eigenvalue weighted by Crippen LogP contribution is -2.57. The molecule has 0 saturated carbocycles. The summed E-state index contributed by atoms with van der Waals surface area (Å²) in [5.41, 5.74) is 14.7. The van der Waals surface area contributed by atoms with Gasteiger partial charge < -0.3 is 9.47 Å². The minimum Gasteiger partial charge on any atom is -0.457 e. The second-order valence-electron chi connectivity index (χ2n) is 12.5. The van der Waals surface area contributed by atoms with Gasteiger partial charge in [-0.2, -0.15) is 0 Å². The molecule has 7 aromatic carbocycles. The van der Waals surface area contributed by atoms with E-state index in [4.69, 9.17) is 9.47 Å². The summed E-state index contributed by atoms with van der Waals surface area (Å²) in [5, 5.41) is 0. The molecule has 0 aromatic heterocycles. The molecule has 0 aliphatic carbocycles. The van der Waals surface area contributed by atoms with Crippen LogP contribution in [0.4, 0.5) is 0 Å². The van der Waals surface area contributed by atoms with Crippen molar-refractivity contribution in [2.45, 2.75) is 13.8 Å². The number of para-hydroxylation sites is 2. The number of fused-ring (bicyclic) bond motifs is 4. The first-order chi connectivity index (χ1) is 23.2. The Balaban J connectivity index is 1.42. The predicted octanol–water partition coefficient (Wildman–Crippen LogP) is 9.70. The lowest BCUT2D eigenvalue weighted by Gasteiger charge is -2.37. The highest BCUT2D eigenvalue weighted by Gasteiger charge is 2.44. The van der Waals surface area contributed by atoms with Crippen molar-refractivity contribution < 1.29 is 9.47 Å². The zero-order valence-electron chi connectivity index (χ0n) is 26.3. The van der Waals surface area contributed by atoms with Gasteiger partial charge in [0.15, 0.2) is 0 Å². The highest BCUT2D eigenvalue weighted by Crippen LogP contribution is 2.49. The molecule has 9 rings (SSSR count). The maximum Gasteiger partial charge on any atom is 0.260 e. The van der Waals surface area contributed by atoms with Gasteiger partial charge in [0.1, 0.15) is 23.0 Å². The molecule has 3 heteroatoms. The summed E-state index contributed by atoms with van der Waals surface area (Å²) < 4.78 is 14.4. The zero-order valence-corrected chi connectivity index (χ0v) is 26.3. The Bertz CT molecular complexity index is 2160. The van der Waals surface area contributed by atoms with E-state index in [1.807, 2.05) is 0 Å². The highest BCUT2D eigenvalue weighted by atomic mass is 16.5. The smallest absolute Gasteiger partial charge is 0.260 e. The molecule has 222 valence electrons. The molecule has 7 aromatic rings. The molecule has 0 N–H and O–H groups in total. The Morgan fingerprint density at radius 3 is 1.21 bits per heavy atom. The van der Waals surface area contributed by atoms with Crippen molar-refractivity contribution in [2.75, 3.05) is 0 Å². The van der Waals surface area contributed by atoms with Crippen LogP contribution in [0, 0.1) is 13.8 Å². The van der Waals surface area contributed by atoms with Gasteiger partial charge in [-0.15, -0.1) is 0 Å². The Morgan fingerprint density at radius 1 is 0.362 bits per heavy atom. The number of hydrogen-bond donors (Lipinski definition) is 0. The molecule has 0 fully saturated rings. The fourth-order valence-electron chi connectivity index (χ4n) is 7.47. The Hall–Kier alpha value is -5.80. The topological polar surface area (TPSA) is 18.5 Å². The molecule has 2 heterocycles. The Morgan fingerprint density at radius 2 is 0.766 bits per heavy atom. The molecule has 0 spiro atoms. The van der Waals surface area contributed by atoms with E-state index in [1.165, 1.54) is 11.1 Å². The molecule has 47 heavy (non-hydrogen) atoms. The second-order valence-corrected chi connectivity index (χ2v) is 12.5. The maximum atomic E-state index is 7.22. The van der Waals surface area contributed by atoms with Crippen molar-refractivity contribution in [3.05, 3.63) is 163 Å². The van der Waals surface area contributed by atoms with E-state index in [0.29, 0.717) is 0 Å². The molecule has 0 radical (unpaired) electrons. The molecule has 0 atom stereocenters. The fraction of sp³-hybridized carbons (Fsp3) is 0.0455. The molecule has 2 aliphatic rings. The summed E-state index contributed by atoms with van der Waals surface area (Å²) in [6.45, 7) is 4.26. The van der Waals surface area contributed by atoms with Gasteiger partial charge in [0, 0.05) is 27.7 Å². The van der Waals surface area contributed by atoms with Crippen LogP contribution in [0.2, 0.25) is 0 Å². The van der Waals surface area contributed by atoms with Crippen LogP contribution in [0.15, 0.2) is 152 Å². The number of hydrogen-bond acceptors (Lipinski definition) is 2. The van der Waals surface area contributed by atoms with Crippen molar-refractivity contribution in [3.8, 4) is 67.5 Å². The van der Waals surface area contributed by atoms with Crippen LogP contribution < -0.4 is 25.9 Å². The van der Waals surface area contributed by atoms with E-state index in [2.05, 4.69) is 166 Å². The monoisotopic (exact) mass is 602 g/mol. The standard InChI is InChI=1S/C44H31BO2/c1-28-15-9-11-21-32(28)36-27-37(33-22-12-10-16-29(33)2)44-40-43(36)46-41-34(30-17-5-3-6-18-30)23-13-25-38(41)45(40)39-26-14-24-35(42(39)47-44)31-19-7-4-8-20-31/h3-27H,1-2H3. The van der Waals surface area contributed by atoms with E-state index in [9.17, 15) is 0 Å². The van der Waals surface area contributed by atoms with Crippen molar-refractivity contribution in [2.24, 2.45) is 0 Å². The SMILES string of the molecule is Cc1ccccc1-c1cc(-c2ccccc2C)c2c3c1Oc1c(cccc1-c1ccccc1)B3c1cccc(-c3ccccc3)c1O2. The van der Waals surface area contributed by atoms with Crippen molar-refractivity contribution >= 4 is 23.1 Å². The third kappa shape index (κ3) is 4.35. The minimum absolute atomic E-state index is 0.0911. The van der Waals surface area contributed by atoms with Crippen LogP contribution in [0.25, 0.3) is 44.5 Å². The molecule has 0 amide bonds. The van der Waals surface area contributed by atoms with Gasteiger partial charge in [-0.1, -0.05) is 146 Å². The maximum absolute atomic E-state index is 7.22. The Kier molecular flexibility index (Phi) is 6.40. The second kappa shape index (κ2) is 10.9. The van der Waals surface area contributed by atoms with Gasteiger partial charge in [0.2, 0.25) is 0 Å². The average Bonchev–Trinajstić information content (AvgIpc) is 3.12. The summed E-state index contributed by atoms with van der Waals surface area (Å²) in [4.78, 5) is 0. The summed E-state index contributed by atoms with van der Waals surface area (Å²) in [6.07, 6.45) is 0. The quantitative estimate of drug-likeness (QED) is 0.187. The molecule has 0 unspecified atom stereocenters. The molecular weight excluding hydrogens is 571 g/mol. The van der Waals surface area contributed by atoms with E-state index < -0.39 is 0 Å². The van der Waals surface area contributed by atoms with Crippen LogP contribution in [-0.4, -0.2) is 6.71 Å². The normalized spacial score (nSPS) is 12.3. The minimum atomic E-state index is -0.0911. The summed E-state index contributed by atoms with van der Waals surface area (Å²) in [7, 11) is 0. The number of benzene rings is 7. The van der Waals surface area contributed by atoms with E-state index >= 15 is 0 Å². The molecule has 2 nitrogen and oxygen atoms in total. The van der Waals surface area contributed by atoms with Gasteiger partial charge in [0.25, 0.3) is 6.71 Å². The Labute approximate surface area is 276 Å². The molecule has 2 aliphatic heterocycles. The lowest BCUT2D eigenvalue weighted by atomic mass is 9.34. The van der Waals surface area contributed by atoms with Crippen molar-refractivity contribution in [3.63, 3.8) is 0 Å². The van der Waals surface area contributed by atoms with Gasteiger partial charge in [-0.3, -0.25) is 0 Å². The third-order valence-electron chi connectivity index (χ3n) is 9.72. The van der Waals surface area contributed by atoms with Crippen molar-refractivity contribution in [1.82, 2.24) is 0 Å². The van der Waals surface area contributed by atoms with Gasteiger partial charge in [-0.25, -0.2) is 0 Å². The van der Waals surface area contributed by atoms with E-state index in [1.54, 1.807) is 0 Å².